The summed E-state index contributed by atoms with van der Waals surface area (Å²) in [6, 6.07) is 0.0771. The second kappa shape index (κ2) is 9.39. The number of nitrogens with zero attached hydrogens (tertiary/aromatic N) is 1. The zero-order chi connectivity index (χ0) is 18.2. The predicted octanol–water partition coefficient (Wildman–Crippen LogP) is 3.35. The second-order valence-electron chi connectivity index (χ2n) is 6.24. The Morgan fingerprint density at radius 1 is 1.46 bits per heavy atom. The molecule has 7 nitrogen and oxygen atoms in total. The van der Waals surface area contributed by atoms with Crippen LogP contribution in [-0.4, -0.2) is 40.8 Å². The number of amides is 1. The predicted molar refractivity (Wildman–Crippen MR) is 95.3 cm³/mol. The monoisotopic (exact) mass is 355 g/mol. The molecule has 134 valence electrons. The Hall–Kier alpha value is -1.93. The van der Waals surface area contributed by atoms with Crippen LogP contribution >= 0.6 is 11.3 Å². The molecule has 1 amide bonds. The molecule has 24 heavy (non-hydrogen) atoms. The number of anilines is 1. The summed E-state index contributed by atoms with van der Waals surface area (Å²) in [6.45, 7) is 5.39. The lowest BCUT2D eigenvalue weighted by Gasteiger charge is -2.18. The van der Waals surface area contributed by atoms with Crippen molar-refractivity contribution in [3.05, 3.63) is 17.2 Å². The molecule has 1 aromatic rings. The molecule has 0 saturated carbocycles. The van der Waals surface area contributed by atoms with E-state index in [9.17, 15) is 9.59 Å². The summed E-state index contributed by atoms with van der Waals surface area (Å²) in [5.41, 5.74) is 0.171. The van der Waals surface area contributed by atoms with Gasteiger partial charge in [0.25, 0.3) is 0 Å². The summed E-state index contributed by atoms with van der Waals surface area (Å²) in [6.07, 6.45) is 4.74. The molecule has 1 rings (SSSR count). The van der Waals surface area contributed by atoms with E-state index in [0.717, 1.165) is 12.1 Å². The Bertz CT molecular complexity index is 578. The molecule has 0 radical (unpaired) electrons. The van der Waals surface area contributed by atoms with Gasteiger partial charge in [-0.2, -0.15) is 0 Å². The fourth-order valence-corrected chi connectivity index (χ4v) is 2.50. The van der Waals surface area contributed by atoms with Crippen LogP contribution < -0.4 is 10.6 Å². The van der Waals surface area contributed by atoms with Gasteiger partial charge in [0.05, 0.1) is 5.69 Å². The minimum absolute atomic E-state index is 0.0771. The first-order chi connectivity index (χ1) is 11.2. The van der Waals surface area contributed by atoms with Gasteiger partial charge in [-0.1, -0.05) is 6.08 Å². The third kappa shape index (κ3) is 8.64. The van der Waals surface area contributed by atoms with Gasteiger partial charge in [0.1, 0.15) is 5.60 Å². The maximum atomic E-state index is 11.7. The van der Waals surface area contributed by atoms with Gasteiger partial charge in [-0.15, -0.1) is 11.3 Å². The number of hydrogen-bond donors (Lipinski definition) is 3. The summed E-state index contributed by atoms with van der Waals surface area (Å²) >= 11 is 1.31. The SMILES string of the molecule is CNC(/C=C/c1csc(NC(=O)OC(C)(C)C)n1)CCCC(=O)O. The zero-order valence-corrected chi connectivity index (χ0v) is 15.3. The van der Waals surface area contributed by atoms with E-state index < -0.39 is 17.7 Å². The molecule has 0 bridgehead atoms. The quantitative estimate of drug-likeness (QED) is 0.661. The van der Waals surface area contributed by atoms with Crippen LogP contribution in [0.25, 0.3) is 6.08 Å². The van der Waals surface area contributed by atoms with Crippen LogP contribution in [0, 0.1) is 0 Å². The van der Waals surface area contributed by atoms with E-state index in [-0.39, 0.29) is 12.5 Å². The summed E-state index contributed by atoms with van der Waals surface area (Å²) in [7, 11) is 1.83. The number of carboxylic acids is 1. The van der Waals surface area contributed by atoms with E-state index >= 15 is 0 Å². The molecule has 1 atom stereocenters. The zero-order valence-electron chi connectivity index (χ0n) is 14.5. The molecule has 0 fully saturated rings. The van der Waals surface area contributed by atoms with Crippen molar-refractivity contribution in [3.63, 3.8) is 0 Å². The fraction of sp³-hybridized carbons (Fsp3) is 0.562. The van der Waals surface area contributed by atoms with E-state index in [0.29, 0.717) is 11.6 Å². The van der Waals surface area contributed by atoms with Crippen molar-refractivity contribution in [1.29, 1.82) is 0 Å². The summed E-state index contributed by atoms with van der Waals surface area (Å²) in [5, 5.41) is 16.7. The van der Waals surface area contributed by atoms with Gasteiger partial charge in [0.2, 0.25) is 0 Å². The largest absolute Gasteiger partial charge is 0.481 e. The Kier molecular flexibility index (Phi) is 7.87. The highest BCUT2D eigenvalue weighted by atomic mass is 32.1. The topological polar surface area (TPSA) is 101 Å². The number of rotatable bonds is 8. The Morgan fingerprint density at radius 3 is 2.75 bits per heavy atom. The minimum Gasteiger partial charge on any atom is -0.481 e. The van der Waals surface area contributed by atoms with Gasteiger partial charge in [0.15, 0.2) is 5.13 Å². The van der Waals surface area contributed by atoms with Crippen molar-refractivity contribution in [2.75, 3.05) is 12.4 Å². The standard InChI is InChI=1S/C16H25N3O4S/c1-16(2,3)23-15(22)19-14-18-12(10-24-14)9-8-11(17-4)6-5-7-13(20)21/h8-11,17H,5-7H2,1-4H3,(H,20,21)(H,18,19,22)/b9-8+. The lowest BCUT2D eigenvalue weighted by molar-refractivity contribution is -0.137. The Labute approximate surface area is 146 Å². The van der Waals surface area contributed by atoms with Crippen molar-refractivity contribution < 1.29 is 19.4 Å². The number of thiazole rings is 1. The lowest BCUT2D eigenvalue weighted by Crippen LogP contribution is -2.27. The minimum atomic E-state index is -0.786. The number of aliphatic carboxylic acids is 1. The van der Waals surface area contributed by atoms with Gasteiger partial charge in [-0.05, 0) is 46.7 Å². The van der Waals surface area contributed by atoms with E-state index in [1.54, 1.807) is 20.8 Å². The van der Waals surface area contributed by atoms with Crippen LogP contribution in [-0.2, 0) is 9.53 Å². The van der Waals surface area contributed by atoms with Gasteiger partial charge in [-0.25, -0.2) is 9.78 Å². The van der Waals surface area contributed by atoms with Crippen molar-refractivity contribution in [3.8, 4) is 0 Å². The number of carboxylic acid groups (broad SMARTS) is 1. The summed E-state index contributed by atoms with van der Waals surface area (Å²) < 4.78 is 5.17. The molecule has 0 aliphatic carbocycles. The number of carbonyl (C=O) groups is 2. The van der Waals surface area contributed by atoms with Gasteiger partial charge >= 0.3 is 12.1 Å². The number of nitrogens with one attached hydrogen (secondary N) is 2. The summed E-state index contributed by atoms with van der Waals surface area (Å²) in [5.74, 6) is -0.786. The van der Waals surface area contributed by atoms with Crippen LogP contribution in [0.3, 0.4) is 0 Å². The third-order valence-electron chi connectivity index (χ3n) is 2.91. The highest BCUT2D eigenvalue weighted by Gasteiger charge is 2.17. The van der Waals surface area contributed by atoms with Crippen LogP contribution in [0.5, 0.6) is 0 Å². The normalized spacial score (nSPS) is 13.0. The average molecular weight is 355 g/mol. The molecule has 0 saturated heterocycles. The highest BCUT2D eigenvalue weighted by molar-refractivity contribution is 7.14. The molecule has 3 N–H and O–H groups in total. The molecule has 0 aromatic carbocycles. The van der Waals surface area contributed by atoms with Crippen molar-refractivity contribution in [2.24, 2.45) is 0 Å². The molecular weight excluding hydrogens is 330 g/mol. The third-order valence-corrected chi connectivity index (χ3v) is 3.68. The van der Waals surface area contributed by atoms with Gasteiger partial charge in [0, 0.05) is 17.8 Å². The molecule has 1 heterocycles. The van der Waals surface area contributed by atoms with E-state index in [1.807, 2.05) is 24.6 Å². The van der Waals surface area contributed by atoms with Crippen LogP contribution in [0.15, 0.2) is 11.5 Å². The maximum Gasteiger partial charge on any atom is 0.413 e. The average Bonchev–Trinajstić information content (AvgIpc) is 2.87. The fourth-order valence-electron chi connectivity index (χ4n) is 1.84. The first-order valence-electron chi connectivity index (χ1n) is 7.72. The molecular formula is C16H25N3O4S. The molecule has 1 unspecified atom stereocenters. The molecule has 8 heteroatoms. The van der Waals surface area contributed by atoms with Crippen LogP contribution in [0.2, 0.25) is 0 Å². The Balaban J connectivity index is 2.52. The first-order valence-corrected chi connectivity index (χ1v) is 8.60. The Morgan fingerprint density at radius 2 is 2.17 bits per heavy atom. The van der Waals surface area contributed by atoms with Crippen molar-refractivity contribution >= 4 is 34.6 Å². The van der Waals surface area contributed by atoms with Gasteiger partial charge in [-0.3, -0.25) is 10.1 Å². The lowest BCUT2D eigenvalue weighted by atomic mass is 10.1. The van der Waals surface area contributed by atoms with Crippen LogP contribution in [0.1, 0.15) is 45.7 Å². The number of likely N-dealkylation sites (N-methyl/N-ethyl adjacent to an activating group) is 1. The summed E-state index contributed by atoms with van der Waals surface area (Å²) in [4.78, 5) is 26.5. The maximum absolute atomic E-state index is 11.7. The second-order valence-corrected chi connectivity index (χ2v) is 7.10. The number of ether oxygens (including phenoxy) is 1. The van der Waals surface area contributed by atoms with Crippen molar-refractivity contribution in [2.45, 2.75) is 51.7 Å². The first kappa shape index (κ1) is 20.1. The van der Waals surface area contributed by atoms with E-state index in [1.165, 1.54) is 11.3 Å². The smallest absolute Gasteiger partial charge is 0.413 e. The van der Waals surface area contributed by atoms with E-state index in [2.05, 4.69) is 15.6 Å². The molecule has 0 aliphatic heterocycles. The number of hydrogen-bond acceptors (Lipinski definition) is 6. The molecule has 0 spiro atoms. The number of aromatic nitrogens is 1. The highest BCUT2D eigenvalue weighted by Crippen LogP contribution is 2.18. The number of carbonyl (C=O) groups excluding carboxylic acids is 1. The molecule has 1 aromatic heterocycles. The van der Waals surface area contributed by atoms with Gasteiger partial charge < -0.3 is 15.2 Å². The van der Waals surface area contributed by atoms with Crippen molar-refractivity contribution in [1.82, 2.24) is 10.3 Å². The molecule has 0 aliphatic rings. The van der Waals surface area contributed by atoms with Crippen LogP contribution in [0.4, 0.5) is 9.93 Å². The van der Waals surface area contributed by atoms with E-state index in [4.69, 9.17) is 9.84 Å².